The Morgan fingerprint density at radius 2 is 1.53 bits per heavy atom. The van der Waals surface area contributed by atoms with Gasteiger partial charge in [-0.1, -0.05) is 0 Å². The molecule has 7 N–H and O–H groups in total. The molecule has 1 aliphatic carbocycles. The maximum Gasteiger partial charge on any atom is 0.397 e. The first kappa shape index (κ1) is 33.0. The van der Waals surface area contributed by atoms with E-state index in [0.29, 0.717) is 0 Å². The molecule has 1 heterocycles. The second-order valence-electron chi connectivity index (χ2n) is 8.10. The van der Waals surface area contributed by atoms with Gasteiger partial charge in [-0.3, -0.25) is 18.5 Å². The van der Waals surface area contributed by atoms with Crippen LogP contribution in [0.2, 0.25) is 0 Å². The normalized spacial score (nSPS) is 37.1. The number of methoxy groups -OCH3 is 2. The smallest absolute Gasteiger partial charge is 0.397 e. The fraction of sp³-hybridized carbons (Fsp3) is 0.933. The molecule has 1 saturated carbocycles. The van der Waals surface area contributed by atoms with Gasteiger partial charge in [-0.25, -0.2) is 8.37 Å². The molecule has 0 bridgehead atoms. The molecule has 10 atom stereocenters. The Labute approximate surface area is 216 Å². The third-order valence-corrected chi connectivity index (χ3v) is 7.12. The zero-order chi connectivity index (χ0) is 29.2. The maximum absolute atomic E-state index is 11.8. The zero-order valence-corrected chi connectivity index (χ0v) is 21.9. The summed E-state index contributed by atoms with van der Waals surface area (Å²) in [6, 6.07) is -1.88. The van der Waals surface area contributed by atoms with E-state index in [2.05, 4.69) is 8.37 Å². The Kier molecular flexibility index (Phi) is 10.9. The van der Waals surface area contributed by atoms with Crippen LogP contribution in [0.5, 0.6) is 0 Å². The average Bonchev–Trinajstić information content (AvgIpc) is 2.75. The number of ether oxygens (including phenoxy) is 4. The van der Waals surface area contributed by atoms with Crippen molar-refractivity contribution in [2.24, 2.45) is 5.92 Å². The Bertz CT molecular complexity index is 1140. The van der Waals surface area contributed by atoms with E-state index in [9.17, 15) is 54.5 Å². The van der Waals surface area contributed by atoms with E-state index in [0.717, 1.165) is 14.2 Å². The monoisotopic (exact) mass is 621 g/mol. The molecule has 0 radical (unpaired) electrons. The lowest BCUT2D eigenvalue weighted by molar-refractivity contribution is -0.287. The summed E-state index contributed by atoms with van der Waals surface area (Å²) >= 11 is 0. The minimum Gasteiger partial charge on any atom is -0.481 e. The topological polar surface area (TPSA) is 308 Å². The van der Waals surface area contributed by atoms with Crippen molar-refractivity contribution in [2.75, 3.05) is 20.8 Å². The summed E-state index contributed by atoms with van der Waals surface area (Å²) in [5.41, 5.74) is 0. The van der Waals surface area contributed by atoms with Crippen molar-refractivity contribution >= 4 is 37.1 Å². The van der Waals surface area contributed by atoms with E-state index in [1.54, 1.807) is 4.72 Å². The molecule has 2 fully saturated rings. The Balaban J connectivity index is 2.52. The van der Waals surface area contributed by atoms with Crippen LogP contribution in [0.3, 0.4) is 0 Å². The van der Waals surface area contributed by atoms with Crippen molar-refractivity contribution in [1.82, 2.24) is 4.72 Å². The lowest BCUT2D eigenvalue weighted by atomic mass is 9.80. The second-order valence-corrected chi connectivity index (χ2v) is 11.4. The highest BCUT2D eigenvalue weighted by atomic mass is 32.3. The summed E-state index contributed by atoms with van der Waals surface area (Å²) in [4.78, 5) is 11.8. The molecular formula is C15H27NO19S3. The van der Waals surface area contributed by atoms with Crippen LogP contribution in [-0.2, 0) is 63.2 Å². The molecule has 224 valence electrons. The SMILES string of the molecule is COC1OC(COS(=O)(=O)O)C(OC2CC(C(=O)O)C(OC)C(O)C2OS(=O)(=O)O)C(O)C1NS(=O)(=O)O. The van der Waals surface area contributed by atoms with Crippen LogP contribution in [0.15, 0.2) is 0 Å². The highest BCUT2D eigenvalue weighted by molar-refractivity contribution is 7.83. The third kappa shape index (κ3) is 8.93. The standard InChI is InChI=1S/C15H27NO19S3/c1-30-11-5(14(19)20)3-6(13(10(11)18)35-38(27,28)29)33-12-7(4-32-37(24,25)26)34-15(31-2)8(9(12)17)16-36(21,22)23/h5-13,15-18H,3-4H2,1-2H3,(H,19,20)(H,21,22,23)(H,24,25,26)(H,27,28,29). The van der Waals surface area contributed by atoms with E-state index in [4.69, 9.17) is 23.5 Å². The van der Waals surface area contributed by atoms with Crippen LogP contribution in [-0.4, -0.2) is 136 Å². The van der Waals surface area contributed by atoms with Crippen LogP contribution in [0.1, 0.15) is 6.42 Å². The average molecular weight is 622 g/mol. The molecule has 0 amide bonds. The highest BCUT2D eigenvalue weighted by Crippen LogP contribution is 2.35. The summed E-state index contributed by atoms with van der Waals surface area (Å²) in [5.74, 6) is -3.14. The number of aliphatic hydroxyl groups excluding tert-OH is 2. The molecule has 1 saturated heterocycles. The second kappa shape index (κ2) is 12.6. The van der Waals surface area contributed by atoms with Gasteiger partial charge in [0.25, 0.3) is 0 Å². The van der Waals surface area contributed by atoms with E-state index < -0.39 is 111 Å². The van der Waals surface area contributed by atoms with E-state index in [1.807, 2.05) is 0 Å². The Morgan fingerprint density at radius 3 is 1.97 bits per heavy atom. The van der Waals surface area contributed by atoms with Crippen LogP contribution < -0.4 is 4.72 Å². The van der Waals surface area contributed by atoms with Crippen molar-refractivity contribution in [2.45, 2.75) is 61.5 Å². The molecule has 23 heteroatoms. The van der Waals surface area contributed by atoms with Crippen molar-refractivity contribution < 1.29 is 86.3 Å². The summed E-state index contributed by atoms with van der Waals surface area (Å²) < 4.78 is 126. The summed E-state index contributed by atoms with van der Waals surface area (Å²) in [6.45, 7) is -1.12. The zero-order valence-electron chi connectivity index (χ0n) is 19.4. The van der Waals surface area contributed by atoms with Crippen molar-refractivity contribution in [3.63, 3.8) is 0 Å². The highest BCUT2D eigenvalue weighted by Gasteiger charge is 2.54. The summed E-state index contributed by atoms with van der Waals surface area (Å²) in [5, 5.41) is 31.0. The molecule has 20 nitrogen and oxygen atoms in total. The number of nitrogens with one attached hydrogen (secondary N) is 1. The van der Waals surface area contributed by atoms with Gasteiger partial charge >= 0.3 is 37.1 Å². The molecule has 0 aromatic heterocycles. The molecule has 2 aliphatic rings. The van der Waals surface area contributed by atoms with Gasteiger partial charge in [0.2, 0.25) is 0 Å². The number of aliphatic carboxylic acids is 1. The van der Waals surface area contributed by atoms with E-state index in [1.165, 1.54) is 0 Å². The van der Waals surface area contributed by atoms with Crippen molar-refractivity contribution in [1.29, 1.82) is 0 Å². The molecule has 0 aromatic rings. The minimum absolute atomic E-state index is 0.704. The number of hydrogen-bond donors (Lipinski definition) is 7. The fourth-order valence-electron chi connectivity index (χ4n) is 4.18. The number of hydrogen-bond acceptors (Lipinski definition) is 15. The molecule has 38 heavy (non-hydrogen) atoms. The van der Waals surface area contributed by atoms with Gasteiger partial charge in [-0.05, 0) is 6.42 Å². The quantitative estimate of drug-likeness (QED) is 0.101. The molecule has 10 unspecified atom stereocenters. The van der Waals surface area contributed by atoms with Gasteiger partial charge in [0.05, 0.1) is 24.7 Å². The van der Waals surface area contributed by atoms with E-state index in [-0.39, 0.29) is 0 Å². The van der Waals surface area contributed by atoms with Gasteiger partial charge in [0.15, 0.2) is 6.29 Å². The number of carboxylic acid groups (broad SMARTS) is 1. The first-order chi connectivity index (χ1) is 17.3. The van der Waals surface area contributed by atoms with Gasteiger partial charge < -0.3 is 34.3 Å². The lowest BCUT2D eigenvalue weighted by Gasteiger charge is -2.47. The molecular weight excluding hydrogens is 594 g/mol. The van der Waals surface area contributed by atoms with E-state index >= 15 is 0 Å². The van der Waals surface area contributed by atoms with Crippen LogP contribution in [0.4, 0.5) is 0 Å². The molecule has 0 aromatic carbocycles. The van der Waals surface area contributed by atoms with Crippen LogP contribution >= 0.6 is 0 Å². The van der Waals surface area contributed by atoms with Gasteiger partial charge in [-0.2, -0.15) is 30.0 Å². The first-order valence-electron chi connectivity index (χ1n) is 10.3. The van der Waals surface area contributed by atoms with Gasteiger partial charge in [-0.15, -0.1) is 0 Å². The third-order valence-electron chi connectivity index (χ3n) is 5.65. The van der Waals surface area contributed by atoms with Gasteiger partial charge in [0.1, 0.15) is 36.6 Å². The Hall–Kier alpha value is -1.16. The molecule has 0 spiro atoms. The van der Waals surface area contributed by atoms with Crippen molar-refractivity contribution in [3.05, 3.63) is 0 Å². The Morgan fingerprint density at radius 1 is 0.921 bits per heavy atom. The maximum atomic E-state index is 11.8. The summed E-state index contributed by atoms with van der Waals surface area (Å²) in [7, 11) is -13.5. The van der Waals surface area contributed by atoms with Crippen LogP contribution in [0, 0.1) is 5.92 Å². The minimum atomic E-state index is -5.32. The molecule has 1 aliphatic heterocycles. The number of aliphatic hydroxyl groups is 2. The number of rotatable bonds is 12. The number of carboxylic acids is 1. The molecule has 2 rings (SSSR count). The predicted octanol–water partition coefficient (Wildman–Crippen LogP) is -4.28. The predicted molar refractivity (Wildman–Crippen MR) is 115 cm³/mol. The largest absolute Gasteiger partial charge is 0.481 e. The number of carbonyl (C=O) groups is 1. The summed E-state index contributed by atoms with van der Waals surface area (Å²) in [6.07, 6.45) is -15.9. The van der Waals surface area contributed by atoms with Crippen LogP contribution in [0.25, 0.3) is 0 Å². The van der Waals surface area contributed by atoms with Crippen molar-refractivity contribution in [3.8, 4) is 0 Å². The lowest BCUT2D eigenvalue weighted by Crippen LogP contribution is -2.67. The van der Waals surface area contributed by atoms with Gasteiger partial charge in [0, 0.05) is 14.2 Å². The first-order valence-corrected chi connectivity index (χ1v) is 14.4. The fourth-order valence-corrected chi connectivity index (χ4v) is 5.60.